The molecule has 6 nitrogen and oxygen atoms in total. The molecule has 3 N–H and O–H groups in total. The van der Waals surface area contributed by atoms with Crippen molar-refractivity contribution < 1.29 is 5.21 Å². The van der Waals surface area contributed by atoms with Gasteiger partial charge in [0.05, 0.1) is 0 Å². The summed E-state index contributed by atoms with van der Waals surface area (Å²) in [5.41, 5.74) is 5.34. The number of aromatic nitrogens is 3. The predicted molar refractivity (Wildman–Crippen MR) is 52.1 cm³/mol. The van der Waals surface area contributed by atoms with E-state index < -0.39 is 0 Å². The first kappa shape index (κ1) is 10.5. The Bertz CT molecular complexity index is 330. The molecule has 0 unspecified atom stereocenters. The van der Waals surface area contributed by atoms with Crippen LogP contribution in [-0.2, 0) is 6.54 Å². The molecule has 6 heteroatoms. The van der Waals surface area contributed by atoms with Crippen LogP contribution < -0.4 is 5.73 Å². The zero-order valence-electron chi connectivity index (χ0n) is 8.43. The summed E-state index contributed by atoms with van der Waals surface area (Å²) in [5.74, 6) is 1.91. The first-order valence-corrected chi connectivity index (χ1v) is 4.48. The van der Waals surface area contributed by atoms with E-state index in [4.69, 9.17) is 10.9 Å². The maximum atomic E-state index is 8.32. The summed E-state index contributed by atoms with van der Waals surface area (Å²) in [4.78, 5) is 4.17. The SMILES string of the molecule is Cc1nc(C)n(CCCC(N)=NO)n1. The maximum absolute atomic E-state index is 8.32. The number of aryl methyl sites for hydroxylation is 3. The lowest BCUT2D eigenvalue weighted by Gasteiger charge is -2.01. The molecule has 0 fully saturated rings. The molecule has 0 saturated carbocycles. The first-order chi connectivity index (χ1) is 6.63. The van der Waals surface area contributed by atoms with Crippen molar-refractivity contribution in [2.75, 3.05) is 0 Å². The minimum Gasteiger partial charge on any atom is -0.409 e. The maximum Gasteiger partial charge on any atom is 0.147 e. The average molecular weight is 197 g/mol. The normalized spacial score (nSPS) is 12.0. The van der Waals surface area contributed by atoms with Gasteiger partial charge in [-0.3, -0.25) is 4.68 Å². The summed E-state index contributed by atoms with van der Waals surface area (Å²) in [6.07, 6.45) is 1.36. The van der Waals surface area contributed by atoms with Crippen LogP contribution in [0.15, 0.2) is 5.16 Å². The van der Waals surface area contributed by atoms with Gasteiger partial charge in [0.1, 0.15) is 17.5 Å². The van der Waals surface area contributed by atoms with Crippen LogP contribution in [0.4, 0.5) is 0 Å². The van der Waals surface area contributed by atoms with E-state index in [1.807, 2.05) is 18.5 Å². The summed E-state index contributed by atoms with van der Waals surface area (Å²) in [5, 5.41) is 15.4. The molecule has 0 aliphatic heterocycles. The molecule has 0 saturated heterocycles. The minimum atomic E-state index is 0.250. The van der Waals surface area contributed by atoms with E-state index in [0.717, 1.165) is 24.6 Å². The summed E-state index contributed by atoms with van der Waals surface area (Å²) in [6, 6.07) is 0. The zero-order valence-corrected chi connectivity index (χ0v) is 8.43. The van der Waals surface area contributed by atoms with Gasteiger partial charge >= 0.3 is 0 Å². The molecule has 0 atom stereocenters. The highest BCUT2D eigenvalue weighted by Gasteiger charge is 2.02. The van der Waals surface area contributed by atoms with Gasteiger partial charge in [-0.2, -0.15) is 5.10 Å². The fraction of sp³-hybridized carbons (Fsp3) is 0.625. The predicted octanol–water partition coefficient (Wildman–Crippen LogP) is 0.422. The van der Waals surface area contributed by atoms with Crippen molar-refractivity contribution >= 4 is 5.84 Å². The Morgan fingerprint density at radius 3 is 2.79 bits per heavy atom. The van der Waals surface area contributed by atoms with E-state index in [2.05, 4.69) is 15.2 Å². The average Bonchev–Trinajstić information content (AvgIpc) is 2.45. The molecule has 1 heterocycles. The van der Waals surface area contributed by atoms with Crippen molar-refractivity contribution in [1.29, 1.82) is 0 Å². The highest BCUT2D eigenvalue weighted by molar-refractivity contribution is 5.79. The van der Waals surface area contributed by atoms with E-state index in [1.54, 1.807) is 0 Å². The molecule has 0 radical (unpaired) electrons. The van der Waals surface area contributed by atoms with Gasteiger partial charge < -0.3 is 10.9 Å². The number of nitrogens with two attached hydrogens (primary N) is 1. The van der Waals surface area contributed by atoms with Gasteiger partial charge in [-0.1, -0.05) is 5.16 Å². The Kier molecular flexibility index (Phi) is 3.44. The first-order valence-electron chi connectivity index (χ1n) is 4.48. The van der Waals surface area contributed by atoms with E-state index in [0.29, 0.717) is 6.42 Å². The largest absolute Gasteiger partial charge is 0.409 e. The molecule has 1 aromatic rings. The lowest BCUT2D eigenvalue weighted by Crippen LogP contribution is -2.13. The van der Waals surface area contributed by atoms with Crippen molar-refractivity contribution in [1.82, 2.24) is 14.8 Å². The van der Waals surface area contributed by atoms with Crippen molar-refractivity contribution in [2.24, 2.45) is 10.9 Å². The molecule has 0 aliphatic rings. The van der Waals surface area contributed by atoms with Crippen LogP contribution in [0.1, 0.15) is 24.5 Å². The van der Waals surface area contributed by atoms with Gasteiger partial charge in [0.25, 0.3) is 0 Å². The molecule has 0 bridgehead atoms. The van der Waals surface area contributed by atoms with Crippen LogP contribution in [-0.4, -0.2) is 25.8 Å². The topological polar surface area (TPSA) is 89.3 Å². The van der Waals surface area contributed by atoms with Crippen LogP contribution >= 0.6 is 0 Å². The summed E-state index contributed by atoms with van der Waals surface area (Å²) in [6.45, 7) is 4.50. The highest BCUT2D eigenvalue weighted by Crippen LogP contribution is 1.99. The monoisotopic (exact) mass is 197 g/mol. The quantitative estimate of drug-likeness (QED) is 0.317. The third-order valence-electron chi connectivity index (χ3n) is 1.89. The second-order valence-corrected chi connectivity index (χ2v) is 3.12. The van der Waals surface area contributed by atoms with Gasteiger partial charge in [0, 0.05) is 13.0 Å². The Labute approximate surface area is 82.4 Å². The Hall–Kier alpha value is -1.59. The van der Waals surface area contributed by atoms with Gasteiger partial charge in [0.15, 0.2) is 0 Å². The number of nitrogens with zero attached hydrogens (tertiary/aromatic N) is 4. The van der Waals surface area contributed by atoms with Gasteiger partial charge in [-0.25, -0.2) is 4.98 Å². The second-order valence-electron chi connectivity index (χ2n) is 3.12. The minimum absolute atomic E-state index is 0.250. The molecule has 0 spiro atoms. The summed E-state index contributed by atoms with van der Waals surface area (Å²) in [7, 11) is 0. The molecule has 14 heavy (non-hydrogen) atoms. The molecule has 1 aromatic heterocycles. The van der Waals surface area contributed by atoms with E-state index in [9.17, 15) is 0 Å². The second kappa shape index (κ2) is 4.59. The van der Waals surface area contributed by atoms with E-state index in [1.165, 1.54) is 0 Å². The number of amidine groups is 1. The standard InChI is InChI=1S/C8H15N5O/c1-6-10-7(2)13(11-6)5-3-4-8(9)12-14/h14H,3-5H2,1-2H3,(H2,9,12). The third kappa shape index (κ3) is 2.72. The van der Waals surface area contributed by atoms with Crippen LogP contribution in [0.5, 0.6) is 0 Å². The van der Waals surface area contributed by atoms with E-state index in [-0.39, 0.29) is 5.84 Å². The number of hydrogen-bond donors (Lipinski definition) is 2. The number of rotatable bonds is 4. The zero-order chi connectivity index (χ0) is 10.6. The highest BCUT2D eigenvalue weighted by atomic mass is 16.4. The molecule has 78 valence electrons. The molecule has 0 amide bonds. The van der Waals surface area contributed by atoms with Crippen molar-refractivity contribution in [2.45, 2.75) is 33.2 Å². The smallest absolute Gasteiger partial charge is 0.147 e. The van der Waals surface area contributed by atoms with Crippen LogP contribution in [0.25, 0.3) is 0 Å². The third-order valence-corrected chi connectivity index (χ3v) is 1.89. The van der Waals surface area contributed by atoms with Crippen LogP contribution in [0, 0.1) is 13.8 Å². The summed E-state index contributed by atoms with van der Waals surface area (Å²) < 4.78 is 1.82. The lowest BCUT2D eigenvalue weighted by molar-refractivity contribution is 0.316. The number of oxime groups is 1. The van der Waals surface area contributed by atoms with Gasteiger partial charge in [0.2, 0.25) is 0 Å². The molecular formula is C8H15N5O. The Balaban J connectivity index is 2.42. The van der Waals surface area contributed by atoms with Crippen molar-refractivity contribution in [3.05, 3.63) is 11.6 Å². The molecule has 0 aromatic carbocycles. The van der Waals surface area contributed by atoms with Crippen molar-refractivity contribution in [3.8, 4) is 0 Å². The van der Waals surface area contributed by atoms with Crippen LogP contribution in [0.3, 0.4) is 0 Å². The lowest BCUT2D eigenvalue weighted by atomic mass is 10.3. The fourth-order valence-corrected chi connectivity index (χ4v) is 1.23. The van der Waals surface area contributed by atoms with E-state index >= 15 is 0 Å². The van der Waals surface area contributed by atoms with Gasteiger partial charge in [-0.15, -0.1) is 0 Å². The molecule has 0 aliphatic carbocycles. The van der Waals surface area contributed by atoms with Crippen molar-refractivity contribution in [3.63, 3.8) is 0 Å². The Morgan fingerprint density at radius 1 is 1.57 bits per heavy atom. The molecular weight excluding hydrogens is 182 g/mol. The number of hydrogen-bond acceptors (Lipinski definition) is 4. The Morgan fingerprint density at radius 2 is 2.29 bits per heavy atom. The van der Waals surface area contributed by atoms with Gasteiger partial charge in [-0.05, 0) is 20.3 Å². The van der Waals surface area contributed by atoms with Crippen LogP contribution in [0.2, 0.25) is 0 Å². The fourth-order valence-electron chi connectivity index (χ4n) is 1.23. The summed E-state index contributed by atoms with van der Waals surface area (Å²) >= 11 is 0. The molecule has 1 rings (SSSR count).